The summed E-state index contributed by atoms with van der Waals surface area (Å²) in [7, 11) is -3.47. The van der Waals surface area contributed by atoms with Crippen LogP contribution in [0, 0.1) is 5.41 Å². The van der Waals surface area contributed by atoms with Gasteiger partial charge in [0.2, 0.25) is 10.0 Å². The molecule has 1 fully saturated rings. The van der Waals surface area contributed by atoms with Crippen LogP contribution in [0.4, 0.5) is 5.69 Å². The van der Waals surface area contributed by atoms with Crippen molar-refractivity contribution in [1.82, 2.24) is 5.32 Å². The number of ether oxygens (including phenoxy) is 1. The molecule has 7 nitrogen and oxygen atoms in total. The van der Waals surface area contributed by atoms with Gasteiger partial charge in [-0.25, -0.2) is 8.42 Å². The number of amidine groups is 1. The fourth-order valence-corrected chi connectivity index (χ4v) is 5.95. The molecule has 0 bridgehead atoms. The van der Waals surface area contributed by atoms with Crippen molar-refractivity contribution in [2.45, 2.75) is 45.3 Å². The molecule has 2 aliphatic heterocycles. The molecule has 0 saturated carbocycles. The molecule has 35 heavy (non-hydrogen) atoms. The van der Waals surface area contributed by atoms with Crippen LogP contribution in [0.5, 0.6) is 5.75 Å². The lowest BCUT2D eigenvalue weighted by Gasteiger charge is -2.27. The molecule has 1 unspecified atom stereocenters. The molecule has 2 aliphatic rings. The Balaban J connectivity index is 0.00000216. The number of nitrogens with two attached hydrogens (primary N) is 1. The van der Waals surface area contributed by atoms with E-state index in [1.54, 1.807) is 17.3 Å². The van der Waals surface area contributed by atoms with E-state index in [2.05, 4.69) is 5.32 Å². The fourth-order valence-electron chi connectivity index (χ4n) is 4.56. The van der Waals surface area contributed by atoms with E-state index in [4.69, 9.17) is 15.9 Å². The van der Waals surface area contributed by atoms with Crippen LogP contribution in [-0.2, 0) is 16.4 Å². The Hall–Kier alpha value is -2.26. The summed E-state index contributed by atoms with van der Waals surface area (Å²) >= 11 is 0. The highest BCUT2D eigenvalue weighted by Gasteiger charge is 2.37. The fraction of sp³-hybridized carbons (Fsp3) is 0.400. The maximum absolute atomic E-state index is 13.1. The summed E-state index contributed by atoms with van der Waals surface area (Å²) in [6.07, 6.45) is 4.70. The maximum Gasteiger partial charge on any atom is 0.235 e. The number of nitrogens with one attached hydrogen (secondary N) is 2. The summed E-state index contributed by atoms with van der Waals surface area (Å²) in [6, 6.07) is 12.9. The lowest BCUT2D eigenvalue weighted by Crippen LogP contribution is -2.39. The van der Waals surface area contributed by atoms with Crippen molar-refractivity contribution in [2.75, 3.05) is 23.1 Å². The van der Waals surface area contributed by atoms with Crippen LogP contribution in [-0.4, -0.2) is 45.2 Å². The Kier molecular flexibility index (Phi) is 10.0. The number of anilines is 1. The largest absolute Gasteiger partial charge is 0.490 e. The Bertz CT molecular complexity index is 1180. The number of nitrogens with zero attached hydrogens (tertiary/aromatic N) is 1. The third-order valence-corrected chi connectivity index (χ3v) is 8.14. The Morgan fingerprint density at radius 1 is 1.20 bits per heavy atom. The van der Waals surface area contributed by atoms with E-state index in [0.29, 0.717) is 12.0 Å². The third-order valence-electron chi connectivity index (χ3n) is 6.36. The van der Waals surface area contributed by atoms with Crippen molar-refractivity contribution in [3.8, 4) is 5.75 Å². The summed E-state index contributed by atoms with van der Waals surface area (Å²) < 4.78 is 34.0. The summed E-state index contributed by atoms with van der Waals surface area (Å²) in [5.74, 6) is 0.835. The van der Waals surface area contributed by atoms with Gasteiger partial charge in [0.15, 0.2) is 0 Å². The first kappa shape index (κ1) is 29.0. The minimum absolute atomic E-state index is 0. The molecular weight excluding hydrogens is 507 g/mol. The minimum atomic E-state index is -3.47. The molecule has 0 spiro atoms. The van der Waals surface area contributed by atoms with E-state index in [-0.39, 0.29) is 48.5 Å². The third kappa shape index (κ3) is 6.50. The van der Waals surface area contributed by atoms with Gasteiger partial charge in [-0.05, 0) is 87.2 Å². The lowest BCUT2D eigenvalue weighted by atomic mass is 10.0. The lowest BCUT2D eigenvalue weighted by molar-refractivity contribution is 0.162. The Morgan fingerprint density at radius 2 is 1.91 bits per heavy atom. The van der Waals surface area contributed by atoms with E-state index in [9.17, 15) is 8.42 Å². The van der Waals surface area contributed by atoms with Crippen molar-refractivity contribution >= 4 is 52.4 Å². The molecule has 4 N–H and O–H groups in total. The van der Waals surface area contributed by atoms with Crippen LogP contribution < -0.4 is 20.1 Å². The second-order valence-corrected chi connectivity index (χ2v) is 10.8. The molecule has 0 radical (unpaired) electrons. The van der Waals surface area contributed by atoms with Crippen molar-refractivity contribution in [3.05, 3.63) is 64.7 Å². The number of fused-ring (bicyclic) bond motifs is 1. The number of hydrogen-bond acceptors (Lipinski definition) is 5. The first-order chi connectivity index (χ1) is 15.8. The summed E-state index contributed by atoms with van der Waals surface area (Å²) in [6.45, 7) is 5.54. The van der Waals surface area contributed by atoms with E-state index in [1.807, 2.05) is 49.4 Å². The SMILES string of the molecule is CCS(=O)(=O)N1c2ccc(OC3CCNCC3)cc2CC1/C(C)=C/c1cccc(C(=N)N)c1.Cl.Cl. The van der Waals surface area contributed by atoms with Crippen molar-refractivity contribution < 1.29 is 13.2 Å². The average Bonchev–Trinajstić information content (AvgIpc) is 3.20. The first-order valence-corrected chi connectivity index (χ1v) is 13.0. The molecule has 2 heterocycles. The molecule has 2 aromatic carbocycles. The van der Waals surface area contributed by atoms with Crippen LogP contribution in [0.15, 0.2) is 48.0 Å². The zero-order valence-corrected chi connectivity index (χ0v) is 22.4. The smallest absolute Gasteiger partial charge is 0.235 e. The number of halogens is 2. The van der Waals surface area contributed by atoms with Crippen LogP contribution in [0.3, 0.4) is 0 Å². The van der Waals surface area contributed by atoms with E-state index >= 15 is 0 Å². The molecule has 4 rings (SSSR count). The second kappa shape index (κ2) is 12.1. The molecular formula is C25H34Cl2N4O3S. The van der Waals surface area contributed by atoms with Crippen LogP contribution in [0.25, 0.3) is 6.08 Å². The van der Waals surface area contributed by atoms with Gasteiger partial charge >= 0.3 is 0 Å². The van der Waals surface area contributed by atoms with E-state index in [1.165, 1.54) is 0 Å². The number of rotatable bonds is 7. The monoisotopic (exact) mass is 540 g/mol. The number of piperidine rings is 1. The molecule has 10 heteroatoms. The quantitative estimate of drug-likeness (QED) is 0.361. The van der Waals surface area contributed by atoms with Gasteiger partial charge < -0.3 is 15.8 Å². The predicted molar refractivity (Wildman–Crippen MR) is 148 cm³/mol. The van der Waals surface area contributed by atoms with Crippen LogP contribution in [0.1, 0.15) is 43.4 Å². The highest BCUT2D eigenvalue weighted by atomic mass is 35.5. The number of benzene rings is 2. The molecule has 1 saturated heterocycles. The van der Waals surface area contributed by atoms with Gasteiger partial charge in [-0.3, -0.25) is 9.71 Å². The number of nitrogen functional groups attached to an aromatic ring is 1. The number of hydrogen-bond donors (Lipinski definition) is 3. The van der Waals surface area contributed by atoms with Gasteiger partial charge in [0.25, 0.3) is 0 Å². The summed E-state index contributed by atoms with van der Waals surface area (Å²) in [5.41, 5.74) is 9.80. The standard InChI is InChI=1S/C25H32N4O3S.2ClH/c1-3-33(30,31)29-23-8-7-22(32-21-9-11-28-12-10-21)15-20(23)16-24(29)17(2)13-18-5-4-6-19(14-18)25(26)27;;/h4-8,13-15,21,24,28H,3,9-12,16H2,1-2H3,(H3,26,27);2*1H/b17-13+;;. The highest BCUT2D eigenvalue weighted by molar-refractivity contribution is 7.92. The van der Waals surface area contributed by atoms with Crippen LogP contribution >= 0.6 is 24.8 Å². The van der Waals surface area contributed by atoms with Gasteiger partial charge in [-0.1, -0.05) is 24.3 Å². The summed E-state index contributed by atoms with van der Waals surface area (Å²) in [4.78, 5) is 0. The predicted octanol–water partition coefficient (Wildman–Crippen LogP) is 4.13. The van der Waals surface area contributed by atoms with Gasteiger partial charge in [0, 0.05) is 5.56 Å². The zero-order chi connectivity index (χ0) is 23.6. The van der Waals surface area contributed by atoms with Gasteiger partial charge in [0.05, 0.1) is 17.5 Å². The molecule has 0 aliphatic carbocycles. The van der Waals surface area contributed by atoms with E-state index in [0.717, 1.165) is 54.1 Å². The van der Waals surface area contributed by atoms with Gasteiger partial charge in [0.1, 0.15) is 17.7 Å². The second-order valence-electron chi connectivity index (χ2n) is 8.70. The Morgan fingerprint density at radius 3 is 2.57 bits per heavy atom. The average molecular weight is 542 g/mol. The molecule has 1 atom stereocenters. The summed E-state index contributed by atoms with van der Waals surface area (Å²) in [5, 5.41) is 11.0. The van der Waals surface area contributed by atoms with Crippen molar-refractivity contribution in [1.29, 1.82) is 5.41 Å². The van der Waals surface area contributed by atoms with E-state index < -0.39 is 10.0 Å². The topological polar surface area (TPSA) is 109 Å². The normalized spacial score (nSPS) is 18.3. The molecule has 192 valence electrons. The van der Waals surface area contributed by atoms with Crippen molar-refractivity contribution in [3.63, 3.8) is 0 Å². The highest BCUT2D eigenvalue weighted by Crippen LogP contribution is 2.40. The van der Waals surface area contributed by atoms with Gasteiger partial charge in [-0.2, -0.15) is 0 Å². The molecule has 2 aromatic rings. The minimum Gasteiger partial charge on any atom is -0.490 e. The molecule has 0 aromatic heterocycles. The van der Waals surface area contributed by atoms with Crippen molar-refractivity contribution in [2.24, 2.45) is 5.73 Å². The van der Waals surface area contributed by atoms with Gasteiger partial charge in [-0.15, -0.1) is 24.8 Å². The molecule has 0 amide bonds. The van der Waals surface area contributed by atoms with Crippen LogP contribution in [0.2, 0.25) is 0 Å². The zero-order valence-electron chi connectivity index (χ0n) is 20.0. The maximum atomic E-state index is 13.1. The number of sulfonamides is 1. The Labute approximate surface area is 220 Å². The first-order valence-electron chi connectivity index (χ1n) is 11.4.